The van der Waals surface area contributed by atoms with Crippen molar-refractivity contribution in [3.8, 4) is 0 Å². The van der Waals surface area contributed by atoms with Crippen molar-refractivity contribution in [3.63, 3.8) is 0 Å². The second-order valence-electron chi connectivity index (χ2n) is 2.89. The number of hydrogen-bond donors (Lipinski definition) is 2. The van der Waals surface area contributed by atoms with Crippen molar-refractivity contribution < 1.29 is 9.50 Å². The van der Waals surface area contributed by atoms with Crippen molar-refractivity contribution in [1.82, 2.24) is 5.32 Å². The number of hydrogen-bond acceptors (Lipinski definition) is 2. The Morgan fingerprint density at radius 3 is 2.60 bits per heavy atom. The van der Waals surface area contributed by atoms with Gasteiger partial charge in [-0.15, -0.1) is 0 Å². The summed E-state index contributed by atoms with van der Waals surface area (Å²) in [5.74, 6) is 0. The van der Waals surface area contributed by atoms with Gasteiger partial charge in [-0.3, -0.25) is 0 Å². The lowest BCUT2D eigenvalue weighted by atomic mass is 10.1. The molecular weight excluding hydrogens is 133 g/mol. The maximum atomic E-state index is 13.2. The topological polar surface area (TPSA) is 32.3 Å². The van der Waals surface area contributed by atoms with E-state index in [9.17, 15) is 4.39 Å². The predicted octanol–water partition coefficient (Wildman–Crippen LogP) is 0.459. The molecule has 1 atom stereocenters. The largest absolute Gasteiger partial charge is 0.396 e. The molecule has 0 aromatic heterocycles. The molecule has 60 valence electrons. The summed E-state index contributed by atoms with van der Waals surface area (Å²) in [4.78, 5) is 0. The van der Waals surface area contributed by atoms with Gasteiger partial charge in [-0.1, -0.05) is 0 Å². The van der Waals surface area contributed by atoms with Gasteiger partial charge < -0.3 is 10.4 Å². The number of halogens is 1. The molecule has 3 heteroatoms. The zero-order valence-corrected chi connectivity index (χ0v) is 6.23. The van der Waals surface area contributed by atoms with Crippen LogP contribution in [0.2, 0.25) is 0 Å². The van der Waals surface area contributed by atoms with Crippen molar-refractivity contribution in [3.05, 3.63) is 0 Å². The highest BCUT2D eigenvalue weighted by molar-refractivity contribution is 5.03. The van der Waals surface area contributed by atoms with Crippen molar-refractivity contribution in [2.24, 2.45) is 0 Å². The zero-order valence-electron chi connectivity index (χ0n) is 6.23. The van der Waals surface area contributed by atoms with Gasteiger partial charge in [-0.25, -0.2) is 4.39 Å². The van der Waals surface area contributed by atoms with Crippen LogP contribution in [0.5, 0.6) is 0 Å². The molecule has 1 aliphatic rings. The lowest BCUT2D eigenvalue weighted by Crippen LogP contribution is -2.37. The third-order valence-corrected chi connectivity index (χ3v) is 2.12. The molecule has 0 aliphatic heterocycles. The van der Waals surface area contributed by atoms with Crippen LogP contribution >= 0.6 is 0 Å². The summed E-state index contributed by atoms with van der Waals surface area (Å²) in [6.07, 6.45) is 1.82. The second kappa shape index (κ2) is 2.84. The molecule has 0 aromatic rings. The van der Waals surface area contributed by atoms with Gasteiger partial charge in [0.05, 0.1) is 0 Å². The van der Waals surface area contributed by atoms with Crippen LogP contribution in [0, 0.1) is 0 Å². The summed E-state index contributed by atoms with van der Waals surface area (Å²) in [5, 5.41) is 11.4. The first-order valence-corrected chi connectivity index (χ1v) is 3.70. The maximum Gasteiger partial charge on any atom is 0.126 e. The highest BCUT2D eigenvalue weighted by Crippen LogP contribution is 2.43. The van der Waals surface area contributed by atoms with E-state index in [0.717, 1.165) is 0 Å². The van der Waals surface area contributed by atoms with Crippen LogP contribution in [0.25, 0.3) is 0 Å². The highest BCUT2D eigenvalue weighted by atomic mass is 19.1. The molecular formula is C7H14FNO. The molecule has 1 rings (SSSR count). The third kappa shape index (κ3) is 1.47. The SMILES string of the molecule is CNC(CCO)C1(F)CC1. The van der Waals surface area contributed by atoms with Crippen molar-refractivity contribution in [2.75, 3.05) is 13.7 Å². The number of rotatable bonds is 4. The maximum absolute atomic E-state index is 13.2. The fourth-order valence-corrected chi connectivity index (χ4v) is 1.26. The minimum absolute atomic E-state index is 0.0666. The Balaban J connectivity index is 2.33. The van der Waals surface area contributed by atoms with Crippen molar-refractivity contribution >= 4 is 0 Å². The molecule has 1 saturated carbocycles. The summed E-state index contributed by atoms with van der Waals surface area (Å²) in [6, 6.07) is -0.141. The van der Waals surface area contributed by atoms with Crippen LogP contribution in [-0.4, -0.2) is 30.5 Å². The molecule has 0 aromatic carbocycles. The van der Waals surface area contributed by atoms with Crippen molar-refractivity contribution in [2.45, 2.75) is 31.0 Å². The predicted molar refractivity (Wildman–Crippen MR) is 37.6 cm³/mol. The molecule has 2 nitrogen and oxygen atoms in total. The molecule has 1 unspecified atom stereocenters. The average molecular weight is 147 g/mol. The van der Waals surface area contributed by atoms with Gasteiger partial charge in [0.25, 0.3) is 0 Å². The number of alkyl halides is 1. The highest BCUT2D eigenvalue weighted by Gasteiger charge is 2.49. The molecule has 0 spiro atoms. The smallest absolute Gasteiger partial charge is 0.126 e. The number of aliphatic hydroxyl groups excluding tert-OH is 1. The first kappa shape index (κ1) is 7.95. The van der Waals surface area contributed by atoms with E-state index in [1.54, 1.807) is 7.05 Å². The Labute approximate surface area is 60.4 Å². The van der Waals surface area contributed by atoms with Gasteiger partial charge in [0.15, 0.2) is 0 Å². The summed E-state index contributed by atoms with van der Waals surface area (Å²) in [6.45, 7) is 0.0666. The summed E-state index contributed by atoms with van der Waals surface area (Å²) >= 11 is 0. The molecule has 1 fully saturated rings. The molecule has 0 bridgehead atoms. The van der Waals surface area contributed by atoms with Crippen LogP contribution < -0.4 is 5.32 Å². The van der Waals surface area contributed by atoms with Crippen LogP contribution in [0.4, 0.5) is 4.39 Å². The Kier molecular flexibility index (Phi) is 2.26. The Hall–Kier alpha value is -0.150. The Morgan fingerprint density at radius 2 is 2.30 bits per heavy atom. The quantitative estimate of drug-likeness (QED) is 0.605. The minimum atomic E-state index is -1.00. The normalized spacial score (nSPS) is 24.3. The third-order valence-electron chi connectivity index (χ3n) is 2.12. The van der Waals surface area contributed by atoms with E-state index in [2.05, 4.69) is 5.32 Å². The van der Waals surface area contributed by atoms with E-state index >= 15 is 0 Å². The van der Waals surface area contributed by atoms with E-state index in [-0.39, 0.29) is 12.6 Å². The Bertz CT molecular complexity index is 114. The number of aliphatic hydroxyl groups is 1. The second-order valence-corrected chi connectivity index (χ2v) is 2.89. The van der Waals surface area contributed by atoms with Gasteiger partial charge in [-0.2, -0.15) is 0 Å². The van der Waals surface area contributed by atoms with Gasteiger partial charge in [0.2, 0.25) is 0 Å². The van der Waals surface area contributed by atoms with Crippen LogP contribution in [0.15, 0.2) is 0 Å². The van der Waals surface area contributed by atoms with Gasteiger partial charge in [0.1, 0.15) is 5.67 Å². The summed E-state index contributed by atoms with van der Waals surface area (Å²) in [5.41, 5.74) is -1.00. The number of nitrogens with one attached hydrogen (secondary N) is 1. The lowest BCUT2D eigenvalue weighted by Gasteiger charge is -2.18. The van der Waals surface area contributed by atoms with Crippen LogP contribution in [0.1, 0.15) is 19.3 Å². The molecule has 0 amide bonds. The van der Waals surface area contributed by atoms with Crippen LogP contribution in [0.3, 0.4) is 0 Å². The fourth-order valence-electron chi connectivity index (χ4n) is 1.26. The molecule has 0 heterocycles. The van der Waals surface area contributed by atoms with Gasteiger partial charge in [0, 0.05) is 12.6 Å². The van der Waals surface area contributed by atoms with Crippen molar-refractivity contribution in [1.29, 1.82) is 0 Å². The monoisotopic (exact) mass is 147 g/mol. The van der Waals surface area contributed by atoms with Gasteiger partial charge >= 0.3 is 0 Å². The fraction of sp³-hybridized carbons (Fsp3) is 1.00. The average Bonchev–Trinajstić information content (AvgIpc) is 2.64. The minimum Gasteiger partial charge on any atom is -0.396 e. The van der Waals surface area contributed by atoms with E-state index in [1.165, 1.54) is 0 Å². The molecule has 0 radical (unpaired) electrons. The molecule has 1 aliphatic carbocycles. The van der Waals surface area contributed by atoms with Crippen LogP contribution in [-0.2, 0) is 0 Å². The van der Waals surface area contributed by atoms with E-state index in [4.69, 9.17) is 5.11 Å². The lowest BCUT2D eigenvalue weighted by molar-refractivity contribution is 0.186. The zero-order chi connectivity index (χ0) is 7.61. The summed E-state index contributed by atoms with van der Waals surface area (Å²) in [7, 11) is 1.74. The van der Waals surface area contributed by atoms with E-state index in [1.807, 2.05) is 0 Å². The van der Waals surface area contributed by atoms with E-state index < -0.39 is 5.67 Å². The Morgan fingerprint density at radius 1 is 1.70 bits per heavy atom. The van der Waals surface area contributed by atoms with E-state index in [0.29, 0.717) is 19.3 Å². The molecule has 0 saturated heterocycles. The first-order valence-electron chi connectivity index (χ1n) is 3.70. The molecule has 2 N–H and O–H groups in total. The summed E-state index contributed by atoms with van der Waals surface area (Å²) < 4.78 is 13.2. The van der Waals surface area contributed by atoms with Gasteiger partial charge in [-0.05, 0) is 26.3 Å². The standard InChI is InChI=1S/C7H14FNO/c1-9-6(2-5-10)7(8)3-4-7/h6,9-10H,2-5H2,1H3. The first-order chi connectivity index (χ1) is 4.73. The molecule has 10 heavy (non-hydrogen) atoms.